The summed E-state index contributed by atoms with van der Waals surface area (Å²) in [6, 6.07) is 4.90. The number of thioether (sulfide) groups is 1. The number of hydrogen-bond acceptors (Lipinski definition) is 9. The smallest absolute Gasteiger partial charge is 0.333 e. The number of amides is 2. The SMILES string of the molecule is COCC(=O)OC1(C(=O)SCF)C(C)CC2C3CCC4=Cc5c(cnn5-c5cccc(C(=O)NC(C)C(N)=O)c5)CC4(C)C3(F)C(O)CC21C. The minimum absolute atomic E-state index is 0.161. The maximum atomic E-state index is 18.3. The van der Waals surface area contributed by atoms with E-state index in [1.165, 1.54) is 14.0 Å². The molecular formula is C36H44F2N4O7S. The number of primary amides is 1. The first kappa shape index (κ1) is 36.2. The number of aliphatic hydroxyl groups is 1. The average molecular weight is 715 g/mol. The molecule has 1 aromatic heterocycles. The predicted octanol–water partition coefficient (Wildman–Crippen LogP) is 4.08. The van der Waals surface area contributed by atoms with E-state index in [1.807, 2.05) is 13.0 Å². The van der Waals surface area contributed by atoms with Crippen LogP contribution < -0.4 is 11.1 Å². The number of ether oxygens (including phenoxy) is 2. The van der Waals surface area contributed by atoms with Crippen LogP contribution in [0.4, 0.5) is 8.78 Å². The van der Waals surface area contributed by atoms with Crippen LogP contribution in [0.15, 0.2) is 36.0 Å². The fraction of sp³-hybridized carbons (Fsp3) is 0.583. The van der Waals surface area contributed by atoms with E-state index >= 15 is 4.39 Å². The quantitative estimate of drug-likeness (QED) is 0.325. The summed E-state index contributed by atoms with van der Waals surface area (Å²) in [4.78, 5) is 51.0. The maximum absolute atomic E-state index is 18.3. The van der Waals surface area contributed by atoms with Crippen LogP contribution in [-0.2, 0) is 30.3 Å². The summed E-state index contributed by atoms with van der Waals surface area (Å²) in [6.45, 7) is 6.49. The van der Waals surface area contributed by atoms with Gasteiger partial charge in [-0.3, -0.25) is 14.4 Å². The zero-order valence-electron chi connectivity index (χ0n) is 28.8. The molecule has 0 aliphatic heterocycles. The van der Waals surface area contributed by atoms with Crippen molar-refractivity contribution in [3.63, 3.8) is 0 Å². The third-order valence-electron chi connectivity index (χ3n) is 12.3. The summed E-state index contributed by atoms with van der Waals surface area (Å²) in [5.41, 5.74) is 2.39. The third-order valence-corrected chi connectivity index (χ3v) is 12.9. The van der Waals surface area contributed by atoms with Gasteiger partial charge in [0.1, 0.15) is 24.3 Å². The Bertz CT molecular complexity index is 1770. The number of methoxy groups -OCH3 is 1. The Labute approximate surface area is 293 Å². The van der Waals surface area contributed by atoms with E-state index in [0.29, 0.717) is 42.3 Å². The van der Waals surface area contributed by atoms with Gasteiger partial charge in [0.15, 0.2) is 5.60 Å². The Hall–Kier alpha value is -3.62. The summed E-state index contributed by atoms with van der Waals surface area (Å²) in [6.07, 6.45) is 3.43. The maximum Gasteiger partial charge on any atom is 0.333 e. The van der Waals surface area contributed by atoms with Gasteiger partial charge in [0.25, 0.3) is 5.91 Å². The number of hydrogen-bond donors (Lipinski definition) is 3. The lowest BCUT2D eigenvalue weighted by molar-refractivity contribution is -0.231. The van der Waals surface area contributed by atoms with Crippen molar-refractivity contribution in [2.75, 3.05) is 19.7 Å². The van der Waals surface area contributed by atoms with Crippen LogP contribution in [0, 0.1) is 28.6 Å². The van der Waals surface area contributed by atoms with Crippen LogP contribution in [0.1, 0.15) is 75.0 Å². The van der Waals surface area contributed by atoms with E-state index in [2.05, 4.69) is 10.4 Å². The number of nitrogens with two attached hydrogens (primary N) is 1. The molecule has 14 heteroatoms. The van der Waals surface area contributed by atoms with Crippen LogP contribution in [0.25, 0.3) is 11.8 Å². The van der Waals surface area contributed by atoms with Crippen molar-refractivity contribution >= 4 is 40.7 Å². The van der Waals surface area contributed by atoms with Crippen molar-refractivity contribution < 1.29 is 42.5 Å². The number of carbonyl (C=O) groups excluding carboxylic acids is 4. The van der Waals surface area contributed by atoms with Crippen LogP contribution in [0.3, 0.4) is 0 Å². The number of halogens is 2. The number of rotatable bonds is 9. The lowest BCUT2D eigenvalue weighted by Gasteiger charge is -2.63. The van der Waals surface area contributed by atoms with Gasteiger partial charge in [-0.2, -0.15) is 5.10 Å². The van der Waals surface area contributed by atoms with Gasteiger partial charge in [0.05, 0.1) is 23.7 Å². The number of alkyl halides is 2. The van der Waals surface area contributed by atoms with E-state index in [9.17, 15) is 28.7 Å². The highest BCUT2D eigenvalue weighted by atomic mass is 32.2. The average Bonchev–Trinajstić information content (AvgIpc) is 3.56. The number of esters is 1. The molecule has 2 amide bonds. The second kappa shape index (κ2) is 12.9. The van der Waals surface area contributed by atoms with Gasteiger partial charge in [0, 0.05) is 35.3 Å². The highest BCUT2D eigenvalue weighted by Gasteiger charge is 2.77. The van der Waals surface area contributed by atoms with Gasteiger partial charge in [-0.1, -0.05) is 32.4 Å². The number of carbonyl (C=O) groups is 4. The molecule has 9 atom stereocenters. The molecule has 4 aliphatic carbocycles. The molecule has 1 heterocycles. The van der Waals surface area contributed by atoms with Crippen molar-refractivity contribution in [1.29, 1.82) is 0 Å². The second-order valence-electron chi connectivity index (χ2n) is 14.8. The van der Waals surface area contributed by atoms with Crippen molar-refractivity contribution in [3.05, 3.63) is 52.9 Å². The zero-order valence-corrected chi connectivity index (χ0v) is 29.6. The minimum atomic E-state index is -2.10. The van der Waals surface area contributed by atoms with Gasteiger partial charge < -0.3 is 25.6 Å². The van der Waals surface area contributed by atoms with Gasteiger partial charge >= 0.3 is 5.97 Å². The Morgan fingerprint density at radius 2 is 1.98 bits per heavy atom. The Balaban J connectivity index is 1.35. The Morgan fingerprint density at radius 3 is 2.66 bits per heavy atom. The number of benzene rings is 1. The van der Waals surface area contributed by atoms with Gasteiger partial charge in [-0.25, -0.2) is 18.3 Å². The van der Waals surface area contributed by atoms with Gasteiger partial charge in [-0.15, -0.1) is 0 Å². The fourth-order valence-corrected chi connectivity index (χ4v) is 10.7. The van der Waals surface area contributed by atoms with Crippen molar-refractivity contribution in [2.45, 2.75) is 83.2 Å². The second-order valence-corrected chi connectivity index (χ2v) is 15.6. The molecule has 270 valence electrons. The molecule has 4 N–H and O–H groups in total. The summed E-state index contributed by atoms with van der Waals surface area (Å²) in [5.74, 6) is -3.58. The lowest BCUT2D eigenvalue weighted by Crippen LogP contribution is -2.70. The molecule has 9 unspecified atom stereocenters. The highest BCUT2D eigenvalue weighted by molar-refractivity contribution is 8.13. The lowest BCUT2D eigenvalue weighted by atomic mass is 9.44. The number of nitrogens with zero attached hydrogens (tertiary/aromatic N) is 2. The van der Waals surface area contributed by atoms with Crippen LogP contribution in [0.5, 0.6) is 0 Å². The Kier molecular flexibility index (Phi) is 9.30. The minimum Gasteiger partial charge on any atom is -0.447 e. The number of allylic oxidation sites excluding steroid dienone is 1. The van der Waals surface area contributed by atoms with Crippen molar-refractivity contribution in [3.8, 4) is 5.69 Å². The molecule has 50 heavy (non-hydrogen) atoms. The summed E-state index contributed by atoms with van der Waals surface area (Å²) in [5, 5.41) is 18.6. The number of fused-ring (bicyclic) bond motifs is 6. The standard InChI is InChI=1S/C36H44F2N4O7S/c1-19-11-26-25-10-9-23-13-27-22(16-40-42(27)24-8-6-7-21(12-24)31(46)41-20(2)30(39)45)14-33(23,3)35(25,38)28(43)15-34(26,4)36(19,32(47)50-18-37)49-29(44)17-48-5/h6-8,12-13,16,19-20,25-26,28,43H,9-11,14-15,17-18H2,1-5H3,(H2,39,45)(H,41,46). The first-order valence-electron chi connectivity index (χ1n) is 16.9. The van der Waals surface area contributed by atoms with E-state index in [1.54, 1.807) is 49.0 Å². The van der Waals surface area contributed by atoms with E-state index in [-0.39, 0.29) is 12.8 Å². The van der Waals surface area contributed by atoms with Crippen LogP contribution >= 0.6 is 11.8 Å². The first-order valence-corrected chi connectivity index (χ1v) is 17.9. The largest absolute Gasteiger partial charge is 0.447 e. The van der Waals surface area contributed by atoms with E-state index in [0.717, 1.165) is 16.8 Å². The van der Waals surface area contributed by atoms with Crippen LogP contribution in [0.2, 0.25) is 0 Å². The first-order chi connectivity index (χ1) is 23.6. The molecule has 1 aromatic carbocycles. The summed E-state index contributed by atoms with van der Waals surface area (Å²) >= 11 is 0.433. The normalized spacial score (nSPS) is 34.7. The third kappa shape index (κ3) is 5.15. The molecule has 0 radical (unpaired) electrons. The zero-order chi connectivity index (χ0) is 36.4. The molecule has 3 fully saturated rings. The van der Waals surface area contributed by atoms with Crippen molar-refractivity contribution in [2.24, 2.45) is 34.3 Å². The fourth-order valence-electron chi connectivity index (χ4n) is 9.89. The predicted molar refractivity (Wildman–Crippen MR) is 181 cm³/mol. The molecular weight excluding hydrogens is 670 g/mol. The van der Waals surface area contributed by atoms with E-state index in [4.69, 9.17) is 15.2 Å². The highest BCUT2D eigenvalue weighted by Crippen LogP contribution is 2.72. The van der Waals surface area contributed by atoms with E-state index < -0.39 is 87.5 Å². The molecule has 2 aromatic rings. The molecule has 0 spiro atoms. The summed E-state index contributed by atoms with van der Waals surface area (Å²) in [7, 11) is 1.33. The molecule has 0 saturated heterocycles. The molecule has 6 rings (SSSR count). The number of aromatic nitrogens is 2. The number of nitrogens with one attached hydrogen (secondary N) is 1. The summed E-state index contributed by atoms with van der Waals surface area (Å²) < 4.78 is 44.6. The topological polar surface area (TPSA) is 163 Å². The van der Waals surface area contributed by atoms with Crippen LogP contribution in [-0.4, -0.2) is 80.9 Å². The number of aliphatic hydroxyl groups excluding tert-OH is 1. The van der Waals surface area contributed by atoms with Crippen molar-refractivity contribution in [1.82, 2.24) is 15.1 Å². The van der Waals surface area contributed by atoms with Gasteiger partial charge in [0.2, 0.25) is 11.0 Å². The Morgan fingerprint density at radius 1 is 1.24 bits per heavy atom. The molecule has 0 bridgehead atoms. The molecule has 11 nitrogen and oxygen atoms in total. The molecule has 4 aliphatic rings. The monoisotopic (exact) mass is 714 g/mol. The van der Waals surface area contributed by atoms with Gasteiger partial charge in [-0.05, 0) is 86.5 Å². The molecule has 3 saturated carbocycles.